The Bertz CT molecular complexity index is 554. The van der Waals surface area contributed by atoms with E-state index in [4.69, 9.17) is 4.74 Å². The van der Waals surface area contributed by atoms with Crippen LogP contribution in [0.2, 0.25) is 0 Å². The van der Waals surface area contributed by atoms with E-state index in [1.807, 2.05) is 39.0 Å². The summed E-state index contributed by atoms with van der Waals surface area (Å²) in [5, 5.41) is 2.81. The van der Waals surface area contributed by atoms with Gasteiger partial charge in [0.25, 0.3) is 0 Å². The Balaban J connectivity index is 2.34. The van der Waals surface area contributed by atoms with E-state index in [-0.39, 0.29) is 17.7 Å². The average Bonchev–Trinajstić information content (AvgIpc) is 2.58. The summed E-state index contributed by atoms with van der Waals surface area (Å²) in [6.45, 7) is 6.21. The van der Waals surface area contributed by atoms with E-state index in [0.29, 0.717) is 13.0 Å². The molecule has 5 heteroatoms. The zero-order valence-electron chi connectivity index (χ0n) is 13.0. The molecule has 2 amide bonds. The summed E-state index contributed by atoms with van der Waals surface area (Å²) in [4.78, 5) is 26.1. The summed E-state index contributed by atoms with van der Waals surface area (Å²) in [5.74, 6) is 0.715. The van der Waals surface area contributed by atoms with E-state index in [2.05, 4.69) is 5.32 Å². The van der Waals surface area contributed by atoms with E-state index < -0.39 is 6.04 Å². The van der Waals surface area contributed by atoms with Crippen molar-refractivity contribution < 1.29 is 14.3 Å². The second-order valence-corrected chi connectivity index (χ2v) is 5.68. The van der Waals surface area contributed by atoms with Crippen LogP contribution < -0.4 is 15.0 Å². The predicted molar refractivity (Wildman–Crippen MR) is 81.5 cm³/mol. The number of ether oxygens (including phenoxy) is 1. The third-order valence-corrected chi connectivity index (χ3v) is 3.77. The molecule has 1 aromatic rings. The van der Waals surface area contributed by atoms with Crippen molar-refractivity contribution in [2.24, 2.45) is 5.92 Å². The highest BCUT2D eigenvalue weighted by Gasteiger charge is 2.32. The monoisotopic (exact) mass is 290 g/mol. The number of rotatable bonds is 3. The summed E-state index contributed by atoms with van der Waals surface area (Å²) >= 11 is 0. The number of benzene rings is 1. The first kappa shape index (κ1) is 15.4. The Labute approximate surface area is 125 Å². The van der Waals surface area contributed by atoms with Crippen molar-refractivity contribution in [2.45, 2.75) is 33.2 Å². The van der Waals surface area contributed by atoms with Gasteiger partial charge in [-0.3, -0.25) is 9.59 Å². The topological polar surface area (TPSA) is 58.6 Å². The smallest absolute Gasteiger partial charge is 0.249 e. The first-order valence-corrected chi connectivity index (χ1v) is 7.19. The van der Waals surface area contributed by atoms with Crippen LogP contribution in [0.15, 0.2) is 18.2 Å². The Hall–Kier alpha value is -2.04. The zero-order chi connectivity index (χ0) is 15.6. The van der Waals surface area contributed by atoms with Crippen LogP contribution in [0.3, 0.4) is 0 Å². The van der Waals surface area contributed by atoms with Crippen LogP contribution >= 0.6 is 0 Å². The number of amides is 2. The van der Waals surface area contributed by atoms with Crippen molar-refractivity contribution in [1.82, 2.24) is 5.32 Å². The van der Waals surface area contributed by atoms with Crippen molar-refractivity contribution in [3.8, 4) is 5.75 Å². The zero-order valence-corrected chi connectivity index (χ0v) is 13.0. The second kappa shape index (κ2) is 6.16. The van der Waals surface area contributed by atoms with Crippen LogP contribution in [-0.4, -0.2) is 31.5 Å². The largest absolute Gasteiger partial charge is 0.496 e. The molecule has 0 radical (unpaired) electrons. The third-order valence-electron chi connectivity index (χ3n) is 3.77. The van der Waals surface area contributed by atoms with Crippen LogP contribution in [0, 0.1) is 12.8 Å². The number of carbonyl (C=O) groups excluding carboxylic acids is 2. The number of anilines is 1. The molecule has 1 unspecified atom stereocenters. The summed E-state index contributed by atoms with van der Waals surface area (Å²) in [7, 11) is 1.62. The Morgan fingerprint density at radius 3 is 2.62 bits per heavy atom. The van der Waals surface area contributed by atoms with Gasteiger partial charge in [0.2, 0.25) is 11.8 Å². The molecule has 0 bridgehead atoms. The number of aryl methyl sites for hydroxylation is 1. The van der Waals surface area contributed by atoms with Gasteiger partial charge in [-0.05, 0) is 36.6 Å². The lowest BCUT2D eigenvalue weighted by Crippen LogP contribution is -2.47. The molecule has 1 aliphatic heterocycles. The maximum absolute atomic E-state index is 12.7. The third kappa shape index (κ3) is 3.17. The minimum atomic E-state index is -0.470. The molecule has 1 saturated heterocycles. The molecule has 0 spiro atoms. The van der Waals surface area contributed by atoms with Crippen LogP contribution in [0.25, 0.3) is 0 Å². The first-order chi connectivity index (χ1) is 9.93. The highest BCUT2D eigenvalue weighted by atomic mass is 16.5. The van der Waals surface area contributed by atoms with Crippen molar-refractivity contribution in [2.75, 3.05) is 18.6 Å². The lowest BCUT2D eigenvalue weighted by Gasteiger charge is -2.26. The molecular weight excluding hydrogens is 268 g/mol. The van der Waals surface area contributed by atoms with Gasteiger partial charge >= 0.3 is 0 Å². The van der Waals surface area contributed by atoms with Gasteiger partial charge in [-0.15, -0.1) is 0 Å². The first-order valence-electron chi connectivity index (χ1n) is 7.19. The minimum Gasteiger partial charge on any atom is -0.496 e. The molecule has 0 saturated carbocycles. The van der Waals surface area contributed by atoms with Crippen molar-refractivity contribution in [3.05, 3.63) is 23.8 Å². The molecular formula is C16H22N2O3. The van der Waals surface area contributed by atoms with Gasteiger partial charge in [-0.25, -0.2) is 0 Å². The predicted octanol–water partition coefficient (Wildman–Crippen LogP) is 1.88. The van der Waals surface area contributed by atoms with Crippen LogP contribution in [0.4, 0.5) is 5.69 Å². The maximum Gasteiger partial charge on any atom is 0.249 e. The van der Waals surface area contributed by atoms with Crippen LogP contribution in [-0.2, 0) is 9.59 Å². The fourth-order valence-electron chi connectivity index (χ4n) is 2.54. The van der Waals surface area contributed by atoms with Crippen molar-refractivity contribution in [1.29, 1.82) is 0 Å². The number of nitrogens with zero attached hydrogens (tertiary/aromatic N) is 1. The Kier molecular flexibility index (Phi) is 4.50. The lowest BCUT2D eigenvalue weighted by atomic mass is 10.0. The van der Waals surface area contributed by atoms with Crippen LogP contribution in [0.1, 0.15) is 25.8 Å². The van der Waals surface area contributed by atoms with E-state index in [1.54, 1.807) is 12.0 Å². The molecule has 114 valence electrons. The number of nitrogens with one attached hydrogen (secondary N) is 1. The molecule has 5 nitrogen and oxygen atoms in total. The number of hydrogen-bond donors (Lipinski definition) is 1. The second-order valence-electron chi connectivity index (χ2n) is 5.68. The molecule has 1 aromatic carbocycles. The Morgan fingerprint density at radius 2 is 2.05 bits per heavy atom. The molecule has 1 heterocycles. The number of methoxy groups -OCH3 is 1. The molecule has 1 N–H and O–H groups in total. The maximum atomic E-state index is 12.7. The van der Waals surface area contributed by atoms with Crippen molar-refractivity contribution in [3.63, 3.8) is 0 Å². The van der Waals surface area contributed by atoms with Gasteiger partial charge in [0.15, 0.2) is 0 Å². The SMILES string of the molecule is COc1ccc(N2CCC(=O)NC(C(C)C)C2=O)cc1C. The van der Waals surface area contributed by atoms with Gasteiger partial charge in [-0.1, -0.05) is 13.8 Å². The number of hydrogen-bond acceptors (Lipinski definition) is 3. The van der Waals surface area contributed by atoms with Gasteiger partial charge in [0, 0.05) is 18.7 Å². The van der Waals surface area contributed by atoms with Crippen LogP contribution in [0.5, 0.6) is 5.75 Å². The minimum absolute atomic E-state index is 0.0552. The lowest BCUT2D eigenvalue weighted by molar-refractivity contribution is -0.126. The van der Waals surface area contributed by atoms with E-state index in [9.17, 15) is 9.59 Å². The molecule has 1 aliphatic rings. The highest BCUT2D eigenvalue weighted by molar-refractivity contribution is 6.01. The highest BCUT2D eigenvalue weighted by Crippen LogP contribution is 2.26. The van der Waals surface area contributed by atoms with E-state index >= 15 is 0 Å². The van der Waals surface area contributed by atoms with Gasteiger partial charge in [-0.2, -0.15) is 0 Å². The Morgan fingerprint density at radius 1 is 1.33 bits per heavy atom. The summed E-state index contributed by atoms with van der Waals surface area (Å²) in [6.07, 6.45) is 0.319. The quantitative estimate of drug-likeness (QED) is 0.924. The van der Waals surface area contributed by atoms with Gasteiger partial charge in [0.05, 0.1) is 7.11 Å². The molecule has 21 heavy (non-hydrogen) atoms. The summed E-state index contributed by atoms with van der Waals surface area (Å²) in [5.41, 5.74) is 1.77. The fourth-order valence-corrected chi connectivity index (χ4v) is 2.54. The molecule has 0 aliphatic carbocycles. The summed E-state index contributed by atoms with van der Waals surface area (Å²) in [6, 6.07) is 5.16. The normalized spacial score (nSPS) is 19.5. The van der Waals surface area contributed by atoms with Crippen molar-refractivity contribution >= 4 is 17.5 Å². The number of carbonyl (C=O) groups is 2. The van der Waals surface area contributed by atoms with Gasteiger partial charge < -0.3 is 15.0 Å². The molecule has 0 aromatic heterocycles. The average molecular weight is 290 g/mol. The van der Waals surface area contributed by atoms with Gasteiger partial charge in [0.1, 0.15) is 11.8 Å². The fraction of sp³-hybridized carbons (Fsp3) is 0.500. The molecule has 1 atom stereocenters. The summed E-state index contributed by atoms with van der Waals surface area (Å²) < 4.78 is 5.25. The standard InChI is InChI=1S/C16H22N2O3/c1-10(2)15-16(20)18(8-7-14(19)17-15)12-5-6-13(21-4)11(3)9-12/h5-6,9-10,15H,7-8H2,1-4H3,(H,17,19). The molecule has 2 rings (SSSR count). The van der Waals surface area contributed by atoms with E-state index in [0.717, 1.165) is 17.0 Å². The molecule has 1 fully saturated rings. The van der Waals surface area contributed by atoms with E-state index in [1.165, 1.54) is 0 Å².